The molecule has 9 atom stereocenters. The number of hydrogen-bond acceptors (Lipinski definition) is 9. The summed E-state index contributed by atoms with van der Waals surface area (Å²) in [5.74, 6) is -1.38. The summed E-state index contributed by atoms with van der Waals surface area (Å²) in [6.45, 7) is 19.5. The molecule has 1 fully saturated rings. The lowest BCUT2D eigenvalue weighted by molar-refractivity contribution is -0.298. The quantitative estimate of drug-likeness (QED) is 0.224. The molecule has 0 spiro atoms. The van der Waals surface area contributed by atoms with Crippen molar-refractivity contribution in [2.24, 2.45) is 17.8 Å². The summed E-state index contributed by atoms with van der Waals surface area (Å²) in [6, 6.07) is -0.0693. The van der Waals surface area contributed by atoms with Crippen LogP contribution in [0.15, 0.2) is 24.0 Å². The first-order valence-electron chi connectivity index (χ1n) is 13.8. The fourth-order valence-corrected chi connectivity index (χ4v) is 5.55. The molecule has 0 aromatic rings. The highest BCUT2D eigenvalue weighted by Gasteiger charge is 2.48. The van der Waals surface area contributed by atoms with Crippen molar-refractivity contribution < 1.29 is 38.7 Å². The van der Waals surface area contributed by atoms with Gasteiger partial charge in [-0.3, -0.25) is 0 Å². The van der Waals surface area contributed by atoms with E-state index in [2.05, 4.69) is 18.8 Å². The lowest BCUT2D eigenvalue weighted by atomic mass is 9.80. The summed E-state index contributed by atoms with van der Waals surface area (Å²) in [7, 11) is 1.64. The average Bonchev–Trinajstić information content (AvgIpc) is 2.84. The minimum atomic E-state index is -1.13. The van der Waals surface area contributed by atoms with Gasteiger partial charge in [-0.15, -0.1) is 6.58 Å². The van der Waals surface area contributed by atoms with E-state index in [4.69, 9.17) is 23.7 Å². The minimum Gasteiger partial charge on any atom is -0.456 e. The second kappa shape index (κ2) is 13.7. The Kier molecular flexibility index (Phi) is 11.8. The molecule has 2 heterocycles. The highest BCUT2D eigenvalue weighted by atomic mass is 16.7. The maximum absolute atomic E-state index is 12.7. The number of aliphatic hydroxyl groups is 2. The van der Waals surface area contributed by atoms with Gasteiger partial charge < -0.3 is 39.2 Å². The summed E-state index contributed by atoms with van der Waals surface area (Å²) in [5, 5.41) is 24.0. The van der Waals surface area contributed by atoms with Gasteiger partial charge in [-0.25, -0.2) is 4.79 Å². The van der Waals surface area contributed by atoms with Crippen LogP contribution >= 0.6 is 0 Å². The molecule has 3 N–H and O–H groups in total. The number of carbonyl (C=O) groups excluding carboxylic acids is 1. The summed E-state index contributed by atoms with van der Waals surface area (Å²) < 4.78 is 30.4. The molecule has 9 heteroatoms. The van der Waals surface area contributed by atoms with Crippen LogP contribution in [0.1, 0.15) is 74.7 Å². The van der Waals surface area contributed by atoms with E-state index < -0.39 is 41.8 Å². The normalized spacial score (nSPS) is 30.4. The van der Waals surface area contributed by atoms with Crippen LogP contribution < -0.4 is 5.32 Å². The summed E-state index contributed by atoms with van der Waals surface area (Å²) >= 11 is 0. The van der Waals surface area contributed by atoms with Gasteiger partial charge in [-0.05, 0) is 58.4 Å². The van der Waals surface area contributed by atoms with Crippen LogP contribution in [0.4, 0.5) is 0 Å². The number of esters is 1. The molecule has 0 bridgehead atoms. The van der Waals surface area contributed by atoms with E-state index in [0.29, 0.717) is 30.7 Å². The van der Waals surface area contributed by atoms with Crippen LogP contribution in [0.25, 0.3) is 0 Å². The largest absolute Gasteiger partial charge is 0.456 e. The lowest BCUT2D eigenvalue weighted by Crippen LogP contribution is -2.55. The van der Waals surface area contributed by atoms with Gasteiger partial charge in [0.1, 0.15) is 11.9 Å². The SMILES string of the molecule is C=CC[C@@H](CO)NC[C@H](C)C[C@@](C)(OC)[C@H](O[C@@H]1O[C@H](C)C[C@H](C)[C@H]1O)[C@@H](C)C1=C(C)C(=O)OC(C)(C)O1. The molecular weight excluding hydrogens is 490 g/mol. The zero-order valence-electron chi connectivity index (χ0n) is 24.8. The van der Waals surface area contributed by atoms with Crippen molar-refractivity contribution in [3.8, 4) is 0 Å². The molecule has 0 aromatic carbocycles. The highest BCUT2D eigenvalue weighted by molar-refractivity contribution is 5.89. The number of aliphatic hydroxyl groups excluding tert-OH is 2. The average molecular weight is 542 g/mol. The topological polar surface area (TPSA) is 116 Å². The van der Waals surface area contributed by atoms with Gasteiger partial charge in [0.15, 0.2) is 6.29 Å². The molecule has 0 unspecified atom stereocenters. The minimum absolute atomic E-state index is 0.00213. The van der Waals surface area contributed by atoms with Gasteiger partial charge >= 0.3 is 5.97 Å². The monoisotopic (exact) mass is 541 g/mol. The van der Waals surface area contributed by atoms with E-state index in [1.165, 1.54) is 0 Å². The van der Waals surface area contributed by atoms with Crippen molar-refractivity contribution in [1.29, 1.82) is 0 Å². The molecular formula is C29H51NO8. The Morgan fingerprint density at radius 1 is 1.29 bits per heavy atom. The Hall–Kier alpha value is -1.49. The number of nitrogens with one attached hydrogen (secondary N) is 1. The zero-order valence-corrected chi connectivity index (χ0v) is 24.8. The standard InChI is InChI=1S/C29H51NO8/c1-11-12-22(16-31)30-15-17(2)14-29(9,34-10)25(36-27-23(32)18(3)13-19(4)35-27)20(5)24-21(6)26(33)38-28(7,8)37-24/h11,17-20,22-23,25,27,30-32H,1,12-16H2,2-10H3/t17-,18+,19-,20+,22+,23-,25-,27+,29-/m1/s1. The van der Waals surface area contributed by atoms with Crippen molar-refractivity contribution >= 4 is 5.97 Å². The van der Waals surface area contributed by atoms with Crippen molar-refractivity contribution in [3.05, 3.63) is 24.0 Å². The van der Waals surface area contributed by atoms with Gasteiger partial charge in [-0.2, -0.15) is 0 Å². The number of hydrogen-bond donors (Lipinski definition) is 3. The third kappa shape index (κ3) is 8.26. The molecule has 2 aliphatic rings. The van der Waals surface area contributed by atoms with E-state index >= 15 is 0 Å². The second-order valence-corrected chi connectivity index (χ2v) is 11.9. The van der Waals surface area contributed by atoms with Gasteiger partial charge in [0.05, 0.1) is 30.0 Å². The highest BCUT2D eigenvalue weighted by Crippen LogP contribution is 2.40. The molecule has 0 amide bonds. The summed E-state index contributed by atoms with van der Waals surface area (Å²) in [6.07, 6.45) is 1.38. The van der Waals surface area contributed by atoms with Crippen molar-refractivity contribution in [3.63, 3.8) is 0 Å². The molecule has 0 radical (unpaired) electrons. The third-order valence-corrected chi connectivity index (χ3v) is 7.70. The van der Waals surface area contributed by atoms with Crippen LogP contribution in [0.5, 0.6) is 0 Å². The number of ether oxygens (including phenoxy) is 5. The van der Waals surface area contributed by atoms with Crippen LogP contribution in [-0.2, 0) is 28.5 Å². The Bertz CT molecular complexity index is 829. The molecule has 1 saturated heterocycles. The maximum atomic E-state index is 12.7. The molecule has 0 aliphatic carbocycles. The Labute approximate surface area is 228 Å². The predicted molar refractivity (Wildman–Crippen MR) is 145 cm³/mol. The smallest absolute Gasteiger partial charge is 0.340 e. The van der Waals surface area contributed by atoms with Crippen LogP contribution in [0, 0.1) is 17.8 Å². The zero-order chi connectivity index (χ0) is 28.8. The Morgan fingerprint density at radius 3 is 2.53 bits per heavy atom. The van der Waals surface area contributed by atoms with E-state index in [9.17, 15) is 15.0 Å². The van der Waals surface area contributed by atoms with E-state index in [1.807, 2.05) is 27.7 Å². The summed E-state index contributed by atoms with van der Waals surface area (Å²) in [5.41, 5.74) is -0.469. The van der Waals surface area contributed by atoms with Crippen LogP contribution in [0.2, 0.25) is 0 Å². The first-order chi connectivity index (χ1) is 17.7. The molecule has 220 valence electrons. The molecule has 2 aliphatic heterocycles. The predicted octanol–water partition coefficient (Wildman–Crippen LogP) is 3.68. The molecule has 0 saturated carbocycles. The van der Waals surface area contributed by atoms with E-state index in [1.54, 1.807) is 34.0 Å². The third-order valence-electron chi connectivity index (χ3n) is 7.70. The lowest BCUT2D eigenvalue weighted by Gasteiger charge is -2.47. The Morgan fingerprint density at radius 2 is 1.95 bits per heavy atom. The van der Waals surface area contributed by atoms with Gasteiger partial charge in [0.25, 0.3) is 0 Å². The molecule has 0 aromatic heterocycles. The number of carbonyl (C=O) groups is 1. The number of rotatable bonds is 14. The van der Waals surface area contributed by atoms with Crippen molar-refractivity contribution in [2.75, 3.05) is 20.3 Å². The van der Waals surface area contributed by atoms with Crippen LogP contribution in [0.3, 0.4) is 0 Å². The van der Waals surface area contributed by atoms with Crippen LogP contribution in [-0.4, -0.2) is 78.5 Å². The van der Waals surface area contributed by atoms with Gasteiger partial charge in [0.2, 0.25) is 5.79 Å². The summed E-state index contributed by atoms with van der Waals surface area (Å²) in [4.78, 5) is 12.7. The van der Waals surface area contributed by atoms with Gasteiger partial charge in [0, 0.05) is 32.9 Å². The van der Waals surface area contributed by atoms with Crippen molar-refractivity contribution in [1.82, 2.24) is 5.32 Å². The number of cyclic esters (lactones) is 1. The Balaban J connectivity index is 2.40. The van der Waals surface area contributed by atoms with E-state index in [-0.39, 0.29) is 30.6 Å². The first-order valence-corrected chi connectivity index (χ1v) is 13.8. The molecule has 9 nitrogen and oxygen atoms in total. The van der Waals surface area contributed by atoms with E-state index in [0.717, 1.165) is 6.42 Å². The van der Waals surface area contributed by atoms with Crippen molar-refractivity contribution in [2.45, 2.75) is 117 Å². The second-order valence-electron chi connectivity index (χ2n) is 11.9. The number of methoxy groups -OCH3 is 1. The molecule has 2 rings (SSSR count). The first kappa shape index (κ1) is 32.7. The van der Waals surface area contributed by atoms with Gasteiger partial charge in [-0.1, -0.05) is 26.8 Å². The fraction of sp³-hybridized carbons (Fsp3) is 0.828. The maximum Gasteiger partial charge on any atom is 0.340 e. The fourth-order valence-electron chi connectivity index (χ4n) is 5.55. The molecule has 38 heavy (non-hydrogen) atoms.